The highest BCUT2D eigenvalue weighted by Gasteiger charge is 2.33. The van der Waals surface area contributed by atoms with Gasteiger partial charge in [-0.05, 0) is 84.6 Å². The largest absolute Gasteiger partial charge is 0.379 e. The Morgan fingerprint density at radius 2 is 0.843 bits per heavy atom. The highest BCUT2D eigenvalue weighted by molar-refractivity contribution is 6.30. The molecule has 0 bridgehead atoms. The van der Waals surface area contributed by atoms with Crippen LogP contribution in [0.4, 0.5) is 51.7 Å². The Morgan fingerprint density at radius 3 is 1.35 bits per heavy atom. The zero-order chi connectivity index (χ0) is 86.7. The topological polar surface area (TPSA) is 493 Å². The summed E-state index contributed by atoms with van der Waals surface area (Å²) >= 11 is 6.14. The Morgan fingerprint density at radius 1 is 0.421 bits per heavy atom. The molecule has 0 saturated heterocycles. The lowest BCUT2D eigenvalue weighted by Gasteiger charge is -2.39. The predicted molar refractivity (Wildman–Crippen MR) is 451 cm³/mol. The van der Waals surface area contributed by atoms with Gasteiger partial charge in [-0.3, -0.25) is 53.4 Å². The number of rotatable bonds is 50. The molecule has 0 radical (unpaired) electrons. The van der Waals surface area contributed by atoms with Crippen LogP contribution < -0.4 is 69.1 Å². The van der Waals surface area contributed by atoms with Crippen LogP contribution in [0.1, 0.15) is 106 Å². The standard InChI is InChI=1S/C80H105ClN22O18/c1-51-42-61(87-56-15-11-55(81)12-16-56)60-43-54(10-17-62(60)103(51)52(2)104)53-8-13-57(14-9-53)88-72(109)22-26-114-28-30-116-32-34-118-36-38-120-40-41-121-39-37-119-35-33-117-31-29-115-27-25-85-77(111)73-94-65(48-100(73)5)92-70(107)20-23-84-76(110)63-44-58(46-98(63)3)89-78(112)74-95-64(49-101(74)6)91-68(105)18-19-69(106)97-67-45-59(47-99(67)4)90-79(113)75-96-66(50-102(75)7)93-71(108)21-24-86-80(82)83/h8-17,43-51,61,87H,18-42H2,1-7H3,(H,84,110)(H,85,111)(H,88,109)(H,89,112)(H,90,113)(H,91,105)(H,92,107)(H,93,108)(H,97,106)(H4,82,83,86)/t51-,61+/m0/s1. The summed E-state index contributed by atoms with van der Waals surface area (Å²) < 4.78 is 51.8. The second-order valence-corrected chi connectivity index (χ2v) is 28.2. The van der Waals surface area contributed by atoms with E-state index in [1.807, 2.05) is 65.6 Å². The quantitative estimate of drug-likeness (QED) is 0.0127. The minimum absolute atomic E-state index is 0.00343. The maximum Gasteiger partial charge on any atom is 0.291 e. The Balaban J connectivity index is 0.522. The third-order valence-corrected chi connectivity index (χ3v) is 18.5. The number of amides is 10. The number of hydrogen-bond acceptors (Lipinski definition) is 23. The van der Waals surface area contributed by atoms with E-state index in [-0.39, 0.29) is 148 Å². The molecule has 40 nitrogen and oxygen atoms in total. The van der Waals surface area contributed by atoms with Gasteiger partial charge >= 0.3 is 0 Å². The molecular formula is C80H105ClN22O18. The number of halogens is 1. The van der Waals surface area contributed by atoms with Crippen LogP contribution in [0.2, 0.25) is 5.02 Å². The van der Waals surface area contributed by atoms with Crippen molar-refractivity contribution in [2.45, 2.75) is 64.5 Å². The van der Waals surface area contributed by atoms with Gasteiger partial charge in [-0.25, -0.2) is 15.0 Å². The van der Waals surface area contributed by atoms with Crippen molar-refractivity contribution in [3.8, 4) is 11.1 Å². The zero-order valence-corrected chi connectivity index (χ0v) is 69.3. The minimum atomic E-state index is -0.662. The molecule has 5 aromatic heterocycles. The average molecular weight is 1700 g/mol. The number of hydrogen-bond donors (Lipinski definition) is 13. The molecule has 8 aromatic rings. The Hall–Kier alpha value is -12.4. The van der Waals surface area contributed by atoms with Gasteiger partial charge in [-0.15, -0.1) is 0 Å². The fourth-order valence-electron chi connectivity index (χ4n) is 12.4. The number of carbonyl (C=O) groups is 10. The highest BCUT2D eigenvalue weighted by Crippen LogP contribution is 2.42. The zero-order valence-electron chi connectivity index (χ0n) is 68.6. The number of nitrogens with one attached hydrogen (secondary N) is 12. The number of nitrogens with zero attached hydrogens (tertiary/aromatic N) is 9. The molecule has 0 spiro atoms. The minimum Gasteiger partial charge on any atom is -0.379 e. The summed E-state index contributed by atoms with van der Waals surface area (Å²) in [6.45, 7) is 9.57. The number of benzene rings is 3. The number of fused-ring (bicyclic) bond motifs is 1. The van der Waals surface area contributed by atoms with Crippen molar-refractivity contribution in [1.82, 2.24) is 53.7 Å². The molecule has 0 saturated carbocycles. The molecule has 9 rings (SSSR count). The molecule has 6 heterocycles. The molecule has 0 aliphatic carbocycles. The number of aromatic nitrogens is 8. The fourth-order valence-corrected chi connectivity index (χ4v) is 12.6. The van der Waals surface area contributed by atoms with E-state index >= 15 is 0 Å². The van der Waals surface area contributed by atoms with Gasteiger partial charge in [0.1, 0.15) is 11.5 Å². The van der Waals surface area contributed by atoms with Crippen LogP contribution in [0, 0.1) is 5.41 Å². The number of guanidine groups is 1. The third-order valence-electron chi connectivity index (χ3n) is 18.3. The Labute approximate surface area is 703 Å². The first-order valence-corrected chi connectivity index (χ1v) is 39.5. The van der Waals surface area contributed by atoms with Crippen LogP contribution in [0.5, 0.6) is 0 Å². The lowest BCUT2D eigenvalue weighted by atomic mass is 9.89. The van der Waals surface area contributed by atoms with E-state index in [0.717, 1.165) is 34.5 Å². The summed E-state index contributed by atoms with van der Waals surface area (Å²) in [5.41, 5.74) is 11.5. The molecule has 10 amide bonds. The van der Waals surface area contributed by atoms with Gasteiger partial charge in [-0.1, -0.05) is 29.8 Å². The van der Waals surface area contributed by atoms with E-state index in [4.69, 9.17) is 60.6 Å². The summed E-state index contributed by atoms with van der Waals surface area (Å²) in [6, 6.07) is 24.4. The van der Waals surface area contributed by atoms with Crippen LogP contribution in [0.3, 0.4) is 0 Å². The molecule has 14 N–H and O–H groups in total. The number of nitrogens with two attached hydrogens (primary N) is 1. The van der Waals surface area contributed by atoms with E-state index in [1.54, 1.807) is 45.9 Å². The molecule has 0 unspecified atom stereocenters. The van der Waals surface area contributed by atoms with Gasteiger partial charge in [-0.2, -0.15) is 0 Å². The number of ether oxygens (including phenoxy) is 8. The smallest absolute Gasteiger partial charge is 0.291 e. The summed E-state index contributed by atoms with van der Waals surface area (Å²) in [7, 11) is 7.94. The molecule has 2 atom stereocenters. The van der Waals surface area contributed by atoms with Crippen LogP contribution >= 0.6 is 11.6 Å². The first-order chi connectivity index (χ1) is 58.2. The molecular weight excluding hydrogens is 1590 g/mol. The molecule has 121 heavy (non-hydrogen) atoms. The third kappa shape index (κ3) is 30.1. The van der Waals surface area contributed by atoms with E-state index in [0.29, 0.717) is 108 Å². The highest BCUT2D eigenvalue weighted by atomic mass is 35.5. The number of aryl methyl sites for hydroxylation is 5. The molecule has 650 valence electrons. The maximum absolute atomic E-state index is 13.4. The van der Waals surface area contributed by atoms with Crippen LogP contribution in [-0.4, -0.2) is 234 Å². The fraction of sp³-hybridized carbons (Fsp3) is 0.425. The Kier molecular flexibility index (Phi) is 36.2. The van der Waals surface area contributed by atoms with Gasteiger partial charge in [0.05, 0.1) is 130 Å². The van der Waals surface area contributed by atoms with E-state index in [2.05, 4.69) is 86.4 Å². The maximum atomic E-state index is 13.4. The molecule has 3 aromatic carbocycles. The van der Waals surface area contributed by atoms with Crippen molar-refractivity contribution in [2.24, 2.45) is 41.0 Å². The van der Waals surface area contributed by atoms with E-state index in [9.17, 15) is 47.9 Å². The van der Waals surface area contributed by atoms with Crippen molar-refractivity contribution >= 4 is 128 Å². The summed E-state index contributed by atoms with van der Waals surface area (Å²) in [6.07, 6.45) is 7.71. The SMILES string of the molecule is CC(=O)N1c2ccc(-c3ccc(NC(=O)CCOCCOCCOCCOCCOCCOCCOCCOCCNC(=O)c4nc(NC(=O)CCNC(=O)c5cc(NC(=O)c6nc(NC(=O)CCC(=O)Nc7cc(NC(=O)c8nc(NC(=O)CCNC(=N)N)cn8C)cn7C)cn6C)cn5C)cn4C)cc3)cc2[C@H](Nc2ccc(Cl)cc2)C[C@@H]1C. The van der Waals surface area contributed by atoms with Crippen molar-refractivity contribution in [3.05, 3.63) is 144 Å². The van der Waals surface area contributed by atoms with Gasteiger partial charge < -0.3 is 130 Å². The predicted octanol–water partition coefficient (Wildman–Crippen LogP) is 5.51. The van der Waals surface area contributed by atoms with Gasteiger partial charge in [0.25, 0.3) is 23.6 Å². The number of anilines is 9. The van der Waals surface area contributed by atoms with Crippen molar-refractivity contribution in [1.29, 1.82) is 5.41 Å². The lowest BCUT2D eigenvalue weighted by Crippen LogP contribution is -2.43. The number of carbonyl (C=O) groups excluding carboxylic acids is 10. The van der Waals surface area contributed by atoms with E-state index < -0.39 is 47.3 Å². The first kappa shape index (κ1) is 92.5. The molecule has 1 aliphatic rings. The molecule has 0 fully saturated rings. The first-order valence-electron chi connectivity index (χ1n) is 39.1. The van der Waals surface area contributed by atoms with Crippen molar-refractivity contribution < 1.29 is 85.8 Å². The van der Waals surface area contributed by atoms with Crippen LogP contribution in [0.15, 0.2) is 110 Å². The number of imidazole rings is 3. The second-order valence-electron chi connectivity index (χ2n) is 27.8. The van der Waals surface area contributed by atoms with Gasteiger partial charge in [0, 0.05) is 153 Å². The van der Waals surface area contributed by atoms with Crippen LogP contribution in [0.25, 0.3) is 11.1 Å². The summed E-state index contributed by atoms with van der Waals surface area (Å²) in [5.74, 6) is -4.13. The van der Waals surface area contributed by atoms with E-state index in [1.165, 1.54) is 62.2 Å². The monoisotopic (exact) mass is 1700 g/mol. The van der Waals surface area contributed by atoms with Gasteiger partial charge in [0.2, 0.25) is 52.9 Å². The van der Waals surface area contributed by atoms with Gasteiger partial charge in [0.15, 0.2) is 23.4 Å². The normalized spacial score (nSPS) is 12.9. The second kappa shape index (κ2) is 47.4. The van der Waals surface area contributed by atoms with Crippen LogP contribution in [-0.2, 0) is 102 Å². The lowest BCUT2D eigenvalue weighted by molar-refractivity contribution is -0.121. The molecule has 1 aliphatic heterocycles. The molecule has 41 heteroatoms. The van der Waals surface area contributed by atoms with Crippen molar-refractivity contribution in [3.63, 3.8) is 0 Å². The van der Waals surface area contributed by atoms with Crippen molar-refractivity contribution in [2.75, 3.05) is 173 Å². The Bertz CT molecular complexity index is 4850. The summed E-state index contributed by atoms with van der Waals surface area (Å²) in [4.78, 5) is 143. The average Bonchev–Trinajstić information content (AvgIpc) is 1.54. The summed E-state index contributed by atoms with van der Waals surface area (Å²) in [5, 5.41) is 38.2.